The predicted molar refractivity (Wildman–Crippen MR) is 74.0 cm³/mol. The molecule has 1 aromatic carbocycles. The SMILES string of the molecule is O=C(O)c1cc(NC(=O)c2c[nH]c(=O)[nH]c2=O)ccc1Cl. The number of aromatic nitrogens is 2. The van der Waals surface area contributed by atoms with Gasteiger partial charge in [0.05, 0.1) is 10.6 Å². The minimum Gasteiger partial charge on any atom is -0.478 e. The van der Waals surface area contributed by atoms with Crippen LogP contribution in [0.4, 0.5) is 5.69 Å². The van der Waals surface area contributed by atoms with Crippen LogP contribution >= 0.6 is 11.6 Å². The van der Waals surface area contributed by atoms with Crippen LogP contribution in [0.15, 0.2) is 34.0 Å². The monoisotopic (exact) mass is 309 g/mol. The van der Waals surface area contributed by atoms with Gasteiger partial charge < -0.3 is 15.4 Å². The molecular formula is C12H8ClN3O5. The molecule has 21 heavy (non-hydrogen) atoms. The second-order valence-corrected chi connectivity index (χ2v) is 4.35. The number of benzene rings is 1. The summed E-state index contributed by atoms with van der Waals surface area (Å²) in [4.78, 5) is 49.2. The minimum atomic E-state index is -1.25. The van der Waals surface area contributed by atoms with Crippen LogP contribution in [0, 0.1) is 0 Å². The molecule has 9 heteroatoms. The number of hydrogen-bond donors (Lipinski definition) is 4. The van der Waals surface area contributed by atoms with Gasteiger partial charge in [0.2, 0.25) is 0 Å². The zero-order valence-corrected chi connectivity index (χ0v) is 11.0. The Morgan fingerprint density at radius 1 is 1.19 bits per heavy atom. The van der Waals surface area contributed by atoms with Crippen LogP contribution in [0.1, 0.15) is 20.7 Å². The summed E-state index contributed by atoms with van der Waals surface area (Å²) in [5.74, 6) is -2.05. The summed E-state index contributed by atoms with van der Waals surface area (Å²) in [6.07, 6.45) is 0.963. The van der Waals surface area contributed by atoms with Crippen LogP contribution < -0.4 is 16.6 Å². The van der Waals surface area contributed by atoms with Crippen molar-refractivity contribution in [1.29, 1.82) is 0 Å². The Hall–Kier alpha value is -2.87. The molecule has 0 unspecified atom stereocenters. The number of carboxylic acid groups (broad SMARTS) is 1. The number of nitrogens with one attached hydrogen (secondary N) is 3. The first-order chi connectivity index (χ1) is 9.88. The van der Waals surface area contributed by atoms with Crippen molar-refractivity contribution in [3.8, 4) is 0 Å². The number of hydrogen-bond acceptors (Lipinski definition) is 4. The van der Waals surface area contributed by atoms with Gasteiger partial charge in [-0.15, -0.1) is 0 Å². The zero-order chi connectivity index (χ0) is 15.6. The predicted octanol–water partition coefficient (Wildman–Crippen LogP) is 0.667. The van der Waals surface area contributed by atoms with Crippen LogP contribution in [0.25, 0.3) is 0 Å². The molecule has 1 aromatic heterocycles. The molecule has 108 valence electrons. The van der Waals surface area contributed by atoms with E-state index in [9.17, 15) is 19.2 Å². The summed E-state index contributed by atoms with van der Waals surface area (Å²) in [6, 6.07) is 3.84. The standard InChI is InChI=1S/C12H8ClN3O5/c13-8-2-1-5(3-6(8)11(19)20)15-9(17)7-4-14-12(21)16-10(7)18/h1-4H,(H,15,17)(H,19,20)(H2,14,16,18,21). The summed E-state index contributed by atoms with van der Waals surface area (Å²) < 4.78 is 0. The van der Waals surface area contributed by atoms with E-state index in [0.29, 0.717) is 0 Å². The summed E-state index contributed by atoms with van der Waals surface area (Å²) in [6.45, 7) is 0. The first-order valence-corrected chi connectivity index (χ1v) is 5.92. The van der Waals surface area contributed by atoms with Crippen molar-refractivity contribution in [2.24, 2.45) is 0 Å². The lowest BCUT2D eigenvalue weighted by atomic mass is 10.2. The lowest BCUT2D eigenvalue weighted by Gasteiger charge is -2.06. The highest BCUT2D eigenvalue weighted by Gasteiger charge is 2.14. The first-order valence-electron chi connectivity index (χ1n) is 5.54. The normalized spacial score (nSPS) is 10.1. The quantitative estimate of drug-likeness (QED) is 0.661. The van der Waals surface area contributed by atoms with Crippen molar-refractivity contribution in [3.63, 3.8) is 0 Å². The largest absolute Gasteiger partial charge is 0.478 e. The Morgan fingerprint density at radius 3 is 2.52 bits per heavy atom. The van der Waals surface area contributed by atoms with Gasteiger partial charge >= 0.3 is 11.7 Å². The lowest BCUT2D eigenvalue weighted by Crippen LogP contribution is -2.29. The van der Waals surface area contributed by atoms with E-state index in [1.54, 1.807) is 0 Å². The molecule has 0 aliphatic rings. The van der Waals surface area contributed by atoms with Gasteiger partial charge in [0.25, 0.3) is 11.5 Å². The molecule has 4 N–H and O–H groups in total. The molecule has 0 atom stereocenters. The lowest BCUT2D eigenvalue weighted by molar-refractivity contribution is 0.0696. The molecule has 2 aromatic rings. The topological polar surface area (TPSA) is 132 Å². The Morgan fingerprint density at radius 2 is 1.90 bits per heavy atom. The van der Waals surface area contributed by atoms with Crippen LogP contribution in [-0.2, 0) is 0 Å². The van der Waals surface area contributed by atoms with Crippen molar-refractivity contribution in [3.05, 3.63) is 61.4 Å². The molecule has 1 heterocycles. The fraction of sp³-hybridized carbons (Fsp3) is 0. The number of aromatic carboxylic acids is 1. The van der Waals surface area contributed by atoms with E-state index in [1.807, 2.05) is 4.98 Å². The summed E-state index contributed by atoms with van der Waals surface area (Å²) >= 11 is 5.70. The Balaban J connectivity index is 2.32. The molecule has 1 amide bonds. The molecule has 0 aliphatic heterocycles. The minimum absolute atomic E-state index is 0.0161. The number of carbonyl (C=O) groups is 2. The molecule has 0 bridgehead atoms. The second-order valence-electron chi connectivity index (χ2n) is 3.94. The maximum Gasteiger partial charge on any atom is 0.337 e. The number of amides is 1. The van der Waals surface area contributed by atoms with Crippen molar-refractivity contribution < 1.29 is 14.7 Å². The van der Waals surface area contributed by atoms with Crippen molar-refractivity contribution in [2.45, 2.75) is 0 Å². The van der Waals surface area contributed by atoms with Crippen molar-refractivity contribution >= 4 is 29.2 Å². The molecule has 0 saturated heterocycles. The highest BCUT2D eigenvalue weighted by atomic mass is 35.5. The molecule has 0 aliphatic carbocycles. The second kappa shape index (κ2) is 5.63. The molecule has 8 nitrogen and oxygen atoms in total. The number of carboxylic acids is 1. The number of anilines is 1. The van der Waals surface area contributed by atoms with Gasteiger partial charge in [0.15, 0.2) is 0 Å². The first kappa shape index (κ1) is 14.5. The zero-order valence-electron chi connectivity index (χ0n) is 10.3. The molecule has 2 rings (SSSR count). The molecule has 0 spiro atoms. The van der Waals surface area contributed by atoms with E-state index >= 15 is 0 Å². The van der Waals surface area contributed by atoms with Crippen LogP contribution in [0.2, 0.25) is 5.02 Å². The van der Waals surface area contributed by atoms with Gasteiger partial charge in [-0.2, -0.15) is 0 Å². The van der Waals surface area contributed by atoms with Gasteiger partial charge in [-0.25, -0.2) is 9.59 Å². The van der Waals surface area contributed by atoms with Gasteiger partial charge in [0.1, 0.15) is 5.56 Å². The van der Waals surface area contributed by atoms with Crippen LogP contribution in [-0.4, -0.2) is 27.0 Å². The number of carbonyl (C=O) groups excluding carboxylic acids is 1. The van der Waals surface area contributed by atoms with Crippen LogP contribution in [0.5, 0.6) is 0 Å². The maximum atomic E-state index is 11.9. The Labute approximate surface area is 121 Å². The fourth-order valence-corrected chi connectivity index (χ4v) is 1.74. The highest BCUT2D eigenvalue weighted by molar-refractivity contribution is 6.33. The van der Waals surface area contributed by atoms with Gasteiger partial charge in [0, 0.05) is 11.9 Å². The molecule has 0 fully saturated rings. The average Bonchev–Trinajstić information content (AvgIpc) is 2.40. The number of H-pyrrole nitrogens is 2. The summed E-state index contributed by atoms with van der Waals surface area (Å²) in [5, 5.41) is 11.3. The molecule has 0 radical (unpaired) electrons. The van der Waals surface area contributed by atoms with Gasteiger partial charge in [-0.05, 0) is 18.2 Å². The third-order valence-electron chi connectivity index (χ3n) is 2.52. The molecular weight excluding hydrogens is 302 g/mol. The van der Waals surface area contributed by atoms with E-state index in [4.69, 9.17) is 16.7 Å². The third-order valence-corrected chi connectivity index (χ3v) is 2.85. The summed E-state index contributed by atoms with van der Waals surface area (Å²) in [5.41, 5.74) is -1.96. The third kappa shape index (κ3) is 3.18. The summed E-state index contributed by atoms with van der Waals surface area (Å²) in [7, 11) is 0. The number of rotatable bonds is 3. The number of aromatic amines is 2. The van der Waals surface area contributed by atoms with E-state index in [-0.39, 0.29) is 21.8 Å². The van der Waals surface area contributed by atoms with Gasteiger partial charge in [-0.3, -0.25) is 14.6 Å². The van der Waals surface area contributed by atoms with E-state index in [2.05, 4.69) is 10.3 Å². The fourth-order valence-electron chi connectivity index (χ4n) is 1.54. The van der Waals surface area contributed by atoms with E-state index < -0.39 is 23.1 Å². The number of halogens is 1. The average molecular weight is 310 g/mol. The maximum absolute atomic E-state index is 11.9. The Kier molecular flexibility index (Phi) is 3.90. The molecule has 0 saturated carbocycles. The van der Waals surface area contributed by atoms with Crippen LogP contribution in [0.3, 0.4) is 0 Å². The van der Waals surface area contributed by atoms with Gasteiger partial charge in [-0.1, -0.05) is 11.6 Å². The highest BCUT2D eigenvalue weighted by Crippen LogP contribution is 2.20. The van der Waals surface area contributed by atoms with Crippen molar-refractivity contribution in [1.82, 2.24) is 9.97 Å². The van der Waals surface area contributed by atoms with E-state index in [1.165, 1.54) is 12.1 Å². The smallest absolute Gasteiger partial charge is 0.337 e. The Bertz CT molecular complexity index is 839. The van der Waals surface area contributed by atoms with E-state index in [0.717, 1.165) is 12.3 Å². The van der Waals surface area contributed by atoms with Crippen molar-refractivity contribution in [2.75, 3.05) is 5.32 Å².